The van der Waals surface area contributed by atoms with Crippen LogP contribution in [-0.2, 0) is 11.2 Å². The van der Waals surface area contributed by atoms with Crippen LogP contribution in [0.3, 0.4) is 0 Å². The molecule has 1 aliphatic heterocycles. The summed E-state index contributed by atoms with van der Waals surface area (Å²) in [5.41, 5.74) is 2.43. The van der Waals surface area contributed by atoms with Crippen molar-refractivity contribution in [3.05, 3.63) is 28.8 Å². The zero-order valence-corrected chi connectivity index (χ0v) is 14.5. The van der Waals surface area contributed by atoms with Gasteiger partial charge in [0.1, 0.15) is 5.75 Å². The Morgan fingerprint density at radius 2 is 1.96 bits per heavy atom. The van der Waals surface area contributed by atoms with Gasteiger partial charge >= 0.3 is 12.2 Å². The summed E-state index contributed by atoms with van der Waals surface area (Å²) in [5.74, 6) is 0.244. The normalized spacial score (nSPS) is 21.3. The molecular formula is C17H23F3N2O3. The number of hydrogen-bond acceptors (Lipinski definition) is 3. The molecule has 2 rings (SSSR count). The lowest BCUT2D eigenvalue weighted by atomic mass is 10.0. The first-order chi connectivity index (χ1) is 11.6. The fourth-order valence-electron chi connectivity index (χ4n) is 3.04. The highest BCUT2D eigenvalue weighted by Crippen LogP contribution is 2.30. The van der Waals surface area contributed by atoms with Crippen molar-refractivity contribution < 1.29 is 27.8 Å². The standard InChI is InChI=1S/C17H23F3N2O3/c1-10-8-13(9-11(2)14(10)23)4-5-21-16(24)22-6-7-25-15(12(22)3)17(18,19)20/h8-9,12,15,23H,4-7H2,1-3H3,(H,21,24). The van der Waals surface area contributed by atoms with Crippen LogP contribution in [0.4, 0.5) is 18.0 Å². The molecule has 0 spiro atoms. The van der Waals surface area contributed by atoms with Crippen LogP contribution in [0.15, 0.2) is 12.1 Å². The highest BCUT2D eigenvalue weighted by Gasteiger charge is 2.48. The van der Waals surface area contributed by atoms with Gasteiger partial charge in [0.15, 0.2) is 6.10 Å². The first-order valence-electron chi connectivity index (χ1n) is 8.13. The molecule has 2 amide bonds. The summed E-state index contributed by atoms with van der Waals surface area (Å²) in [6, 6.07) is 2.04. The number of rotatable bonds is 3. The maximum absolute atomic E-state index is 12.9. The average molecular weight is 360 g/mol. The lowest BCUT2D eigenvalue weighted by Gasteiger charge is -2.39. The van der Waals surface area contributed by atoms with Gasteiger partial charge in [0.05, 0.1) is 12.6 Å². The van der Waals surface area contributed by atoms with E-state index in [0.717, 1.165) is 21.6 Å². The van der Waals surface area contributed by atoms with Gasteiger partial charge in [-0.05, 0) is 43.9 Å². The van der Waals surface area contributed by atoms with E-state index in [2.05, 4.69) is 5.32 Å². The molecule has 1 heterocycles. The second-order valence-corrected chi connectivity index (χ2v) is 6.33. The summed E-state index contributed by atoms with van der Waals surface area (Å²) < 4.78 is 43.5. The van der Waals surface area contributed by atoms with E-state index in [9.17, 15) is 23.1 Å². The Morgan fingerprint density at radius 1 is 1.36 bits per heavy atom. The number of ether oxygens (including phenoxy) is 1. The van der Waals surface area contributed by atoms with Gasteiger partial charge in [0.25, 0.3) is 0 Å². The highest BCUT2D eigenvalue weighted by molar-refractivity contribution is 5.74. The van der Waals surface area contributed by atoms with Crippen LogP contribution < -0.4 is 5.32 Å². The second-order valence-electron chi connectivity index (χ2n) is 6.33. The lowest BCUT2D eigenvalue weighted by Crippen LogP contribution is -2.59. The summed E-state index contributed by atoms with van der Waals surface area (Å²) in [6.45, 7) is 5.19. The van der Waals surface area contributed by atoms with Crippen molar-refractivity contribution in [1.82, 2.24) is 10.2 Å². The first-order valence-corrected chi connectivity index (χ1v) is 8.13. The van der Waals surface area contributed by atoms with Gasteiger partial charge in [0.2, 0.25) is 0 Å². The number of carbonyl (C=O) groups is 1. The molecule has 0 radical (unpaired) electrons. The molecule has 140 valence electrons. The van der Waals surface area contributed by atoms with Crippen LogP contribution in [0.2, 0.25) is 0 Å². The Labute approximate surface area is 144 Å². The van der Waals surface area contributed by atoms with E-state index in [4.69, 9.17) is 4.74 Å². The number of urea groups is 1. The van der Waals surface area contributed by atoms with Crippen LogP contribution in [0, 0.1) is 13.8 Å². The quantitative estimate of drug-likeness (QED) is 0.871. The van der Waals surface area contributed by atoms with Crippen molar-refractivity contribution in [2.45, 2.75) is 45.5 Å². The predicted molar refractivity (Wildman–Crippen MR) is 86.6 cm³/mol. The molecule has 2 unspecified atom stereocenters. The number of morpholine rings is 1. The van der Waals surface area contributed by atoms with E-state index in [-0.39, 0.29) is 18.9 Å². The maximum Gasteiger partial charge on any atom is 0.416 e. The number of aryl methyl sites for hydroxylation is 2. The third-order valence-corrected chi connectivity index (χ3v) is 4.38. The van der Waals surface area contributed by atoms with Crippen LogP contribution in [0.25, 0.3) is 0 Å². The minimum absolute atomic E-state index is 0.122. The van der Waals surface area contributed by atoms with E-state index in [1.807, 2.05) is 12.1 Å². The van der Waals surface area contributed by atoms with Crippen LogP contribution >= 0.6 is 0 Å². The molecule has 5 nitrogen and oxygen atoms in total. The Balaban J connectivity index is 1.92. The summed E-state index contributed by atoms with van der Waals surface area (Å²) in [5, 5.41) is 12.4. The van der Waals surface area contributed by atoms with Crippen LogP contribution in [0.1, 0.15) is 23.6 Å². The number of phenolic OH excluding ortho intramolecular Hbond substituents is 1. The molecule has 2 N–H and O–H groups in total. The Hall–Kier alpha value is -1.96. The van der Waals surface area contributed by atoms with Gasteiger partial charge in [-0.1, -0.05) is 12.1 Å². The summed E-state index contributed by atoms with van der Waals surface area (Å²) in [4.78, 5) is 13.4. The molecule has 1 fully saturated rings. The number of benzene rings is 1. The van der Waals surface area contributed by atoms with E-state index in [0.29, 0.717) is 13.0 Å². The number of nitrogens with zero attached hydrogens (tertiary/aromatic N) is 1. The minimum atomic E-state index is -4.50. The van der Waals surface area contributed by atoms with Crippen molar-refractivity contribution in [3.8, 4) is 5.75 Å². The van der Waals surface area contributed by atoms with Crippen molar-refractivity contribution >= 4 is 6.03 Å². The van der Waals surface area contributed by atoms with Gasteiger partial charge in [-0.2, -0.15) is 13.2 Å². The van der Waals surface area contributed by atoms with Crippen molar-refractivity contribution in [3.63, 3.8) is 0 Å². The van der Waals surface area contributed by atoms with Gasteiger partial charge in [-0.3, -0.25) is 0 Å². The third-order valence-electron chi connectivity index (χ3n) is 4.38. The van der Waals surface area contributed by atoms with Crippen molar-refractivity contribution in [2.75, 3.05) is 19.7 Å². The largest absolute Gasteiger partial charge is 0.507 e. The molecule has 0 aromatic heterocycles. The molecule has 1 aromatic carbocycles. The molecular weight excluding hydrogens is 337 g/mol. The fourth-order valence-corrected chi connectivity index (χ4v) is 3.04. The zero-order valence-electron chi connectivity index (χ0n) is 14.5. The van der Waals surface area contributed by atoms with E-state index in [1.54, 1.807) is 13.8 Å². The van der Waals surface area contributed by atoms with Gasteiger partial charge in [-0.25, -0.2) is 4.79 Å². The van der Waals surface area contributed by atoms with Gasteiger partial charge in [-0.15, -0.1) is 0 Å². The summed E-state index contributed by atoms with van der Waals surface area (Å²) in [6.07, 6.45) is -5.94. The predicted octanol–water partition coefficient (Wildman–Crippen LogP) is 2.91. The molecule has 0 saturated carbocycles. The van der Waals surface area contributed by atoms with Crippen LogP contribution in [-0.4, -0.2) is 54.1 Å². The molecule has 1 saturated heterocycles. The van der Waals surface area contributed by atoms with Gasteiger partial charge in [0, 0.05) is 13.1 Å². The number of carbonyl (C=O) groups excluding carboxylic acids is 1. The molecule has 2 atom stereocenters. The second kappa shape index (κ2) is 7.51. The van der Waals surface area contributed by atoms with Crippen molar-refractivity contribution in [1.29, 1.82) is 0 Å². The Kier molecular flexibility index (Phi) is 5.82. The smallest absolute Gasteiger partial charge is 0.416 e. The number of aromatic hydroxyl groups is 1. The number of alkyl halides is 3. The van der Waals surface area contributed by atoms with E-state index >= 15 is 0 Å². The maximum atomic E-state index is 12.9. The minimum Gasteiger partial charge on any atom is -0.507 e. The Bertz CT molecular complexity index is 611. The number of hydrogen-bond donors (Lipinski definition) is 2. The number of amides is 2. The van der Waals surface area contributed by atoms with Crippen LogP contribution in [0.5, 0.6) is 5.75 Å². The monoisotopic (exact) mass is 360 g/mol. The topological polar surface area (TPSA) is 61.8 Å². The summed E-state index contributed by atoms with van der Waals surface area (Å²) in [7, 11) is 0. The summed E-state index contributed by atoms with van der Waals surface area (Å²) >= 11 is 0. The zero-order chi connectivity index (χ0) is 18.8. The SMILES string of the molecule is Cc1cc(CCNC(=O)N2CCOC(C(F)(F)F)C2C)cc(C)c1O. The fraction of sp³-hybridized carbons (Fsp3) is 0.588. The lowest BCUT2D eigenvalue weighted by molar-refractivity contribution is -0.246. The molecule has 8 heteroatoms. The number of phenols is 1. The Morgan fingerprint density at radius 3 is 2.52 bits per heavy atom. The van der Waals surface area contributed by atoms with E-state index in [1.165, 1.54) is 6.92 Å². The molecule has 1 aliphatic rings. The molecule has 0 bridgehead atoms. The molecule has 0 aliphatic carbocycles. The molecule has 1 aromatic rings. The first kappa shape index (κ1) is 19.4. The van der Waals surface area contributed by atoms with Crippen molar-refractivity contribution in [2.24, 2.45) is 0 Å². The van der Waals surface area contributed by atoms with E-state index < -0.39 is 24.4 Å². The molecule has 25 heavy (non-hydrogen) atoms. The number of halogens is 3. The third kappa shape index (κ3) is 4.56. The number of nitrogens with one attached hydrogen (secondary N) is 1. The van der Waals surface area contributed by atoms with Gasteiger partial charge < -0.3 is 20.1 Å². The average Bonchev–Trinajstić information content (AvgIpc) is 2.51. The highest BCUT2D eigenvalue weighted by atomic mass is 19.4.